The second-order valence-corrected chi connectivity index (χ2v) is 5.05. The lowest BCUT2D eigenvalue weighted by Crippen LogP contribution is -2.16. The van der Waals surface area contributed by atoms with Gasteiger partial charge >= 0.3 is 11.9 Å². The molecule has 0 aromatic heterocycles. The van der Waals surface area contributed by atoms with E-state index < -0.39 is 11.9 Å². The third-order valence-electron chi connectivity index (χ3n) is 3.26. The SMILES string of the molecule is O=C(Cc1ccccc1O)OCCOC(=O)Cc1ccccc1O. The van der Waals surface area contributed by atoms with E-state index in [1.54, 1.807) is 36.4 Å². The summed E-state index contributed by atoms with van der Waals surface area (Å²) in [5.74, 6) is -0.978. The molecule has 0 fully saturated rings. The molecular weight excluding hydrogens is 312 g/mol. The summed E-state index contributed by atoms with van der Waals surface area (Å²) in [5, 5.41) is 19.1. The molecule has 2 rings (SSSR count). The van der Waals surface area contributed by atoms with E-state index in [1.165, 1.54) is 12.1 Å². The molecule has 0 aliphatic rings. The van der Waals surface area contributed by atoms with Crippen molar-refractivity contribution in [2.24, 2.45) is 0 Å². The standard InChI is InChI=1S/C18H18O6/c19-15-7-3-1-5-13(15)11-17(21)23-9-10-24-18(22)12-14-6-2-4-8-16(14)20/h1-8,19-20H,9-12H2. The van der Waals surface area contributed by atoms with E-state index in [-0.39, 0.29) is 37.6 Å². The van der Waals surface area contributed by atoms with Gasteiger partial charge in [-0.25, -0.2) is 0 Å². The average Bonchev–Trinajstić information content (AvgIpc) is 2.56. The second kappa shape index (κ2) is 8.57. The number of carbonyl (C=O) groups excluding carboxylic acids is 2. The number of aromatic hydroxyl groups is 2. The van der Waals surface area contributed by atoms with Gasteiger partial charge in [0.1, 0.15) is 24.7 Å². The minimum absolute atomic E-state index is 0.0311. The number of benzene rings is 2. The molecule has 0 unspecified atom stereocenters. The quantitative estimate of drug-likeness (QED) is 0.595. The first-order valence-corrected chi connectivity index (χ1v) is 7.41. The number of ether oxygens (including phenoxy) is 2. The van der Waals surface area contributed by atoms with Crippen LogP contribution in [0, 0.1) is 0 Å². The number of carbonyl (C=O) groups is 2. The van der Waals surface area contributed by atoms with Gasteiger partial charge in [-0.1, -0.05) is 36.4 Å². The second-order valence-electron chi connectivity index (χ2n) is 5.05. The molecule has 6 heteroatoms. The Hall–Kier alpha value is -3.02. The van der Waals surface area contributed by atoms with E-state index in [2.05, 4.69) is 0 Å². The lowest BCUT2D eigenvalue weighted by atomic mass is 10.1. The first kappa shape index (κ1) is 17.3. The highest BCUT2D eigenvalue weighted by Gasteiger charge is 2.10. The van der Waals surface area contributed by atoms with Gasteiger partial charge in [0.2, 0.25) is 0 Å². The molecule has 24 heavy (non-hydrogen) atoms. The van der Waals surface area contributed by atoms with Crippen LogP contribution >= 0.6 is 0 Å². The van der Waals surface area contributed by atoms with Crippen LogP contribution in [0.3, 0.4) is 0 Å². The molecule has 6 nitrogen and oxygen atoms in total. The number of hydrogen-bond acceptors (Lipinski definition) is 6. The molecule has 0 bridgehead atoms. The van der Waals surface area contributed by atoms with Crippen molar-refractivity contribution in [3.8, 4) is 11.5 Å². The number of phenolic OH excluding ortho intramolecular Hbond substituents is 2. The monoisotopic (exact) mass is 330 g/mol. The van der Waals surface area contributed by atoms with E-state index in [0.717, 1.165) is 0 Å². The van der Waals surface area contributed by atoms with Crippen LogP contribution in [0.25, 0.3) is 0 Å². The molecule has 2 aromatic rings. The summed E-state index contributed by atoms with van der Waals surface area (Å²) in [5.41, 5.74) is 0.943. The molecule has 0 atom stereocenters. The van der Waals surface area contributed by atoms with Crippen LogP contribution in [-0.2, 0) is 31.9 Å². The predicted octanol–water partition coefficient (Wildman–Crippen LogP) is 1.97. The first-order valence-electron chi connectivity index (χ1n) is 7.41. The van der Waals surface area contributed by atoms with Gasteiger partial charge in [0.25, 0.3) is 0 Å². The van der Waals surface area contributed by atoms with Crippen molar-refractivity contribution in [2.75, 3.05) is 13.2 Å². The maximum absolute atomic E-state index is 11.6. The molecule has 2 N–H and O–H groups in total. The molecular formula is C18H18O6. The van der Waals surface area contributed by atoms with E-state index in [1.807, 2.05) is 0 Å². The lowest BCUT2D eigenvalue weighted by molar-refractivity contribution is -0.151. The van der Waals surface area contributed by atoms with Crippen LogP contribution in [-0.4, -0.2) is 35.4 Å². The smallest absolute Gasteiger partial charge is 0.310 e. The zero-order chi connectivity index (χ0) is 17.4. The number of esters is 2. The number of rotatable bonds is 7. The molecule has 0 amide bonds. The molecule has 126 valence electrons. The predicted molar refractivity (Wildman–Crippen MR) is 85.5 cm³/mol. The normalized spacial score (nSPS) is 10.2. The Bertz CT molecular complexity index is 649. The molecule has 0 aliphatic carbocycles. The minimum atomic E-state index is -0.520. The molecule has 0 radical (unpaired) electrons. The van der Waals surface area contributed by atoms with Gasteiger partial charge in [-0.05, 0) is 12.1 Å². The van der Waals surface area contributed by atoms with E-state index in [4.69, 9.17) is 9.47 Å². The zero-order valence-electron chi connectivity index (χ0n) is 13.0. The van der Waals surface area contributed by atoms with E-state index >= 15 is 0 Å². The lowest BCUT2D eigenvalue weighted by Gasteiger charge is -2.08. The Morgan fingerprint density at radius 3 is 1.46 bits per heavy atom. The third kappa shape index (κ3) is 5.31. The van der Waals surface area contributed by atoms with Gasteiger partial charge in [0.15, 0.2) is 0 Å². The summed E-state index contributed by atoms with van der Waals surface area (Å²) in [4.78, 5) is 23.3. The van der Waals surface area contributed by atoms with Crippen molar-refractivity contribution in [3.63, 3.8) is 0 Å². The molecule has 0 saturated heterocycles. The van der Waals surface area contributed by atoms with Crippen molar-refractivity contribution >= 4 is 11.9 Å². The maximum Gasteiger partial charge on any atom is 0.310 e. The molecule has 0 aliphatic heterocycles. The minimum Gasteiger partial charge on any atom is -0.508 e. The largest absolute Gasteiger partial charge is 0.508 e. The van der Waals surface area contributed by atoms with Crippen molar-refractivity contribution < 1.29 is 29.3 Å². The van der Waals surface area contributed by atoms with Crippen molar-refractivity contribution in [2.45, 2.75) is 12.8 Å². The molecule has 0 saturated carbocycles. The van der Waals surface area contributed by atoms with Crippen LogP contribution in [0.15, 0.2) is 48.5 Å². The topological polar surface area (TPSA) is 93.1 Å². The van der Waals surface area contributed by atoms with Crippen LogP contribution < -0.4 is 0 Å². The Morgan fingerprint density at radius 1 is 0.708 bits per heavy atom. The van der Waals surface area contributed by atoms with Crippen LogP contribution in [0.5, 0.6) is 11.5 Å². The number of para-hydroxylation sites is 2. The van der Waals surface area contributed by atoms with Gasteiger partial charge in [-0.3, -0.25) is 9.59 Å². The summed E-state index contributed by atoms with van der Waals surface area (Å²) in [6.45, 7) is -0.141. The number of phenols is 2. The average molecular weight is 330 g/mol. The van der Waals surface area contributed by atoms with Gasteiger partial charge < -0.3 is 19.7 Å². The van der Waals surface area contributed by atoms with Gasteiger partial charge in [-0.15, -0.1) is 0 Å². The summed E-state index contributed by atoms with van der Waals surface area (Å²) < 4.78 is 9.90. The van der Waals surface area contributed by atoms with Gasteiger partial charge in [0, 0.05) is 11.1 Å². The maximum atomic E-state index is 11.6. The Kier molecular flexibility index (Phi) is 6.19. The van der Waals surface area contributed by atoms with Crippen LogP contribution in [0.2, 0.25) is 0 Å². The summed E-state index contributed by atoms with van der Waals surface area (Å²) in [6.07, 6.45) is -0.114. The number of hydrogen-bond donors (Lipinski definition) is 2. The van der Waals surface area contributed by atoms with Crippen LogP contribution in [0.1, 0.15) is 11.1 Å². The highest BCUT2D eigenvalue weighted by molar-refractivity contribution is 5.74. The first-order chi connectivity index (χ1) is 11.6. The third-order valence-corrected chi connectivity index (χ3v) is 3.26. The van der Waals surface area contributed by atoms with E-state index in [0.29, 0.717) is 11.1 Å². The van der Waals surface area contributed by atoms with Gasteiger partial charge in [-0.2, -0.15) is 0 Å². The highest BCUT2D eigenvalue weighted by atomic mass is 16.6. The van der Waals surface area contributed by atoms with Gasteiger partial charge in [0.05, 0.1) is 12.8 Å². The Balaban J connectivity index is 1.67. The summed E-state index contributed by atoms with van der Waals surface area (Å²) >= 11 is 0. The summed E-state index contributed by atoms with van der Waals surface area (Å²) in [6, 6.07) is 13.0. The molecule has 0 heterocycles. The fourth-order valence-electron chi connectivity index (χ4n) is 2.04. The zero-order valence-corrected chi connectivity index (χ0v) is 13.0. The van der Waals surface area contributed by atoms with Crippen molar-refractivity contribution in [1.82, 2.24) is 0 Å². The highest BCUT2D eigenvalue weighted by Crippen LogP contribution is 2.17. The van der Waals surface area contributed by atoms with Crippen molar-refractivity contribution in [1.29, 1.82) is 0 Å². The molecule has 2 aromatic carbocycles. The van der Waals surface area contributed by atoms with E-state index in [9.17, 15) is 19.8 Å². The van der Waals surface area contributed by atoms with Crippen molar-refractivity contribution in [3.05, 3.63) is 59.7 Å². The van der Waals surface area contributed by atoms with Crippen LogP contribution in [0.4, 0.5) is 0 Å². The fraction of sp³-hybridized carbons (Fsp3) is 0.222. The summed E-state index contributed by atoms with van der Waals surface area (Å²) in [7, 11) is 0. The Morgan fingerprint density at radius 2 is 1.08 bits per heavy atom. The molecule has 0 spiro atoms. The fourth-order valence-corrected chi connectivity index (χ4v) is 2.04. The Labute approximate surface area is 139 Å².